The van der Waals surface area contributed by atoms with E-state index in [4.69, 9.17) is 0 Å². The Morgan fingerprint density at radius 1 is 0.886 bits per heavy atom. The van der Waals surface area contributed by atoms with E-state index in [1.54, 1.807) is 38.1 Å². The molecule has 0 aliphatic heterocycles. The van der Waals surface area contributed by atoms with E-state index >= 15 is 0 Å². The van der Waals surface area contributed by atoms with E-state index in [0.717, 1.165) is 11.3 Å². The maximum atomic E-state index is 13.0. The van der Waals surface area contributed by atoms with E-state index < -0.39 is 11.6 Å². The minimum Gasteiger partial charge on any atom is -0.494 e. The Morgan fingerprint density at radius 3 is 2.03 bits per heavy atom. The van der Waals surface area contributed by atoms with E-state index in [2.05, 4.69) is 15.2 Å². The van der Waals surface area contributed by atoms with E-state index in [0.29, 0.717) is 22.5 Å². The Hall–Kier alpha value is -4.83. The molecule has 1 N–H and O–H groups in total. The lowest BCUT2D eigenvalue weighted by atomic mass is 10.0. The summed E-state index contributed by atoms with van der Waals surface area (Å²) in [5.74, 6) is -0.236. The van der Waals surface area contributed by atoms with Crippen molar-refractivity contribution in [3.63, 3.8) is 0 Å². The third-order valence-corrected chi connectivity index (χ3v) is 5.69. The highest BCUT2D eigenvalue weighted by Gasteiger charge is 2.22. The molecule has 0 amide bonds. The minimum atomic E-state index is -0.538. The van der Waals surface area contributed by atoms with Gasteiger partial charge in [0.2, 0.25) is 5.88 Å². The van der Waals surface area contributed by atoms with Gasteiger partial charge in [-0.25, -0.2) is 0 Å². The summed E-state index contributed by atoms with van der Waals surface area (Å²) in [6, 6.07) is 27.4. The predicted molar refractivity (Wildman–Crippen MR) is 136 cm³/mol. The highest BCUT2D eigenvalue weighted by atomic mass is 16.3. The SMILES string of the molecule is Cc1c(C=Nc2ccc(N=Nc3ccccc3)cc2)c(O)n(C(C)c2ccccc2)c(=O)c1C#N. The predicted octanol–water partition coefficient (Wildman–Crippen LogP) is 6.51. The zero-order valence-corrected chi connectivity index (χ0v) is 19.3. The molecular formula is C28H23N5O2. The number of aliphatic imine (C=N–C) groups is 1. The van der Waals surface area contributed by atoms with Crippen LogP contribution in [0.3, 0.4) is 0 Å². The zero-order valence-electron chi connectivity index (χ0n) is 19.3. The van der Waals surface area contributed by atoms with Crippen LogP contribution in [0.4, 0.5) is 17.1 Å². The molecule has 4 aromatic rings. The van der Waals surface area contributed by atoms with Crippen LogP contribution >= 0.6 is 0 Å². The van der Waals surface area contributed by atoms with Gasteiger partial charge >= 0.3 is 0 Å². The second kappa shape index (κ2) is 10.4. The van der Waals surface area contributed by atoms with Gasteiger partial charge in [0.25, 0.3) is 5.56 Å². The number of benzene rings is 3. The number of nitriles is 1. The zero-order chi connectivity index (χ0) is 24.8. The standard InChI is InChI=1S/C28H23N5O2/c1-19-25(17-29)27(34)33(20(2)21-9-5-3-6-10-21)28(35)26(19)18-30-22-13-15-24(16-14-22)32-31-23-11-7-4-8-12-23/h3-16,18,20,35H,1-2H3. The third kappa shape index (κ3) is 5.07. The van der Waals surface area contributed by atoms with Crippen molar-refractivity contribution in [1.29, 1.82) is 5.26 Å². The lowest BCUT2D eigenvalue weighted by Gasteiger charge is -2.20. The summed E-state index contributed by atoms with van der Waals surface area (Å²) in [4.78, 5) is 17.5. The molecule has 3 aromatic carbocycles. The van der Waals surface area contributed by atoms with E-state index in [1.807, 2.05) is 66.7 Å². The molecule has 0 aliphatic carbocycles. The van der Waals surface area contributed by atoms with Gasteiger partial charge in [-0.2, -0.15) is 15.5 Å². The fourth-order valence-electron chi connectivity index (χ4n) is 3.69. The fraction of sp³-hybridized carbons (Fsp3) is 0.107. The lowest BCUT2D eigenvalue weighted by Crippen LogP contribution is -2.28. The lowest BCUT2D eigenvalue weighted by molar-refractivity contribution is 0.393. The molecule has 0 bridgehead atoms. The Bertz CT molecular complexity index is 1480. The van der Waals surface area contributed by atoms with Gasteiger partial charge in [-0.1, -0.05) is 48.5 Å². The second-order valence-electron chi connectivity index (χ2n) is 7.92. The summed E-state index contributed by atoms with van der Waals surface area (Å²) < 4.78 is 1.23. The third-order valence-electron chi connectivity index (χ3n) is 5.69. The van der Waals surface area contributed by atoms with Gasteiger partial charge in [0.15, 0.2) is 0 Å². The van der Waals surface area contributed by atoms with Crippen LogP contribution in [0, 0.1) is 18.3 Å². The first-order valence-electron chi connectivity index (χ1n) is 11.0. The molecule has 1 aromatic heterocycles. The summed E-state index contributed by atoms with van der Waals surface area (Å²) in [7, 11) is 0. The number of nitrogens with zero attached hydrogens (tertiary/aromatic N) is 5. The average Bonchev–Trinajstić information content (AvgIpc) is 2.89. The van der Waals surface area contributed by atoms with Crippen LogP contribution in [-0.2, 0) is 0 Å². The topological polar surface area (TPSA) is 103 Å². The van der Waals surface area contributed by atoms with Crippen LogP contribution in [0.25, 0.3) is 0 Å². The van der Waals surface area contributed by atoms with Crippen molar-refractivity contribution in [3.8, 4) is 11.9 Å². The first-order valence-corrected chi connectivity index (χ1v) is 11.0. The van der Waals surface area contributed by atoms with Crippen molar-refractivity contribution in [2.75, 3.05) is 0 Å². The van der Waals surface area contributed by atoms with Crippen LogP contribution < -0.4 is 5.56 Å². The Kier molecular flexibility index (Phi) is 6.94. The molecule has 7 heteroatoms. The van der Waals surface area contributed by atoms with Crippen LogP contribution in [0.1, 0.15) is 35.2 Å². The number of hydrogen-bond acceptors (Lipinski definition) is 6. The van der Waals surface area contributed by atoms with E-state index in [9.17, 15) is 15.2 Å². The van der Waals surface area contributed by atoms with Gasteiger partial charge in [-0.15, -0.1) is 0 Å². The van der Waals surface area contributed by atoms with E-state index in [1.165, 1.54) is 10.8 Å². The summed E-state index contributed by atoms with van der Waals surface area (Å²) in [5, 5.41) is 29.1. The molecule has 0 spiro atoms. The maximum absolute atomic E-state index is 13.0. The highest BCUT2D eigenvalue weighted by Crippen LogP contribution is 2.27. The summed E-state index contributed by atoms with van der Waals surface area (Å²) >= 11 is 0. The largest absolute Gasteiger partial charge is 0.494 e. The van der Waals surface area contributed by atoms with Gasteiger partial charge in [0.05, 0.1) is 28.7 Å². The Balaban J connectivity index is 1.66. The van der Waals surface area contributed by atoms with Crippen molar-refractivity contribution in [2.24, 2.45) is 15.2 Å². The van der Waals surface area contributed by atoms with Gasteiger partial charge < -0.3 is 5.11 Å². The molecular weight excluding hydrogens is 438 g/mol. The molecule has 172 valence electrons. The van der Waals surface area contributed by atoms with Crippen LogP contribution in [0.5, 0.6) is 5.88 Å². The van der Waals surface area contributed by atoms with Gasteiger partial charge in [0.1, 0.15) is 11.6 Å². The quantitative estimate of drug-likeness (QED) is 0.261. The smallest absolute Gasteiger partial charge is 0.272 e. The van der Waals surface area contributed by atoms with Gasteiger partial charge in [0, 0.05) is 6.21 Å². The van der Waals surface area contributed by atoms with E-state index in [-0.39, 0.29) is 11.4 Å². The minimum absolute atomic E-state index is 0.0243. The monoisotopic (exact) mass is 461 g/mol. The highest BCUT2D eigenvalue weighted by molar-refractivity contribution is 5.87. The molecule has 35 heavy (non-hydrogen) atoms. The Labute approximate surface area is 203 Å². The normalized spacial score (nSPS) is 12.1. The van der Waals surface area contributed by atoms with Crippen LogP contribution in [-0.4, -0.2) is 15.9 Å². The Morgan fingerprint density at radius 2 is 1.43 bits per heavy atom. The van der Waals surface area contributed by atoms with Crippen LogP contribution in [0.15, 0.2) is 105 Å². The molecule has 7 nitrogen and oxygen atoms in total. The molecule has 0 fully saturated rings. The summed E-state index contributed by atoms with van der Waals surface area (Å²) in [5.41, 5.74) is 3.02. The molecule has 1 unspecified atom stereocenters. The summed E-state index contributed by atoms with van der Waals surface area (Å²) in [6.07, 6.45) is 1.47. The number of pyridine rings is 1. The van der Waals surface area contributed by atoms with Gasteiger partial charge in [-0.05, 0) is 61.4 Å². The molecule has 0 aliphatic rings. The average molecular weight is 462 g/mol. The van der Waals surface area contributed by atoms with Crippen molar-refractivity contribution < 1.29 is 5.11 Å². The fourth-order valence-corrected chi connectivity index (χ4v) is 3.69. The van der Waals surface area contributed by atoms with Crippen LogP contribution in [0.2, 0.25) is 0 Å². The van der Waals surface area contributed by atoms with Crippen molar-refractivity contribution in [3.05, 3.63) is 118 Å². The first kappa shape index (κ1) is 23.3. The number of azo groups is 1. The van der Waals surface area contributed by atoms with Crippen molar-refractivity contribution in [2.45, 2.75) is 19.9 Å². The molecule has 0 radical (unpaired) electrons. The van der Waals surface area contributed by atoms with Crippen molar-refractivity contribution in [1.82, 2.24) is 4.57 Å². The first-order chi connectivity index (χ1) is 17.0. The molecule has 0 saturated carbocycles. The number of hydrogen-bond donors (Lipinski definition) is 1. The molecule has 4 rings (SSSR count). The maximum Gasteiger partial charge on any atom is 0.272 e. The van der Waals surface area contributed by atoms with Crippen molar-refractivity contribution >= 4 is 23.3 Å². The molecule has 0 saturated heterocycles. The number of rotatable bonds is 6. The number of aromatic nitrogens is 1. The summed E-state index contributed by atoms with van der Waals surface area (Å²) in [6.45, 7) is 3.43. The number of aromatic hydroxyl groups is 1. The second-order valence-corrected chi connectivity index (χ2v) is 7.92. The molecule has 1 heterocycles. The molecule has 1 atom stereocenters. The van der Waals surface area contributed by atoms with Gasteiger partial charge in [-0.3, -0.25) is 14.4 Å².